The molecule has 0 aromatic carbocycles. The Kier molecular flexibility index (Phi) is 52.9. The third-order valence-corrected chi connectivity index (χ3v) is 16.9. The van der Waals surface area contributed by atoms with Crippen LogP contribution in [0.5, 0.6) is 0 Å². The van der Waals surface area contributed by atoms with Crippen molar-refractivity contribution >= 4 is 102 Å². The van der Waals surface area contributed by atoms with Gasteiger partial charge in [0.1, 0.15) is 46.9 Å². The second-order valence-electron chi connectivity index (χ2n) is 20.4. The van der Waals surface area contributed by atoms with Crippen LogP contribution in [0.2, 0.25) is 0 Å². The van der Waals surface area contributed by atoms with Crippen LogP contribution in [0, 0.1) is 23.7 Å². The molecule has 0 fully saturated rings. The van der Waals surface area contributed by atoms with Crippen LogP contribution in [0.3, 0.4) is 0 Å². The van der Waals surface area contributed by atoms with Crippen LogP contribution in [0.4, 0.5) is 0 Å². The van der Waals surface area contributed by atoms with Crippen molar-refractivity contribution in [2.45, 2.75) is 264 Å². The smallest absolute Gasteiger partial charge is 0.462 e. The van der Waals surface area contributed by atoms with Crippen molar-refractivity contribution in [1.29, 1.82) is 0 Å². The third kappa shape index (κ3) is 45.7. The van der Waals surface area contributed by atoms with Gasteiger partial charge in [-0.1, -0.05) is 111 Å². The minimum Gasteiger partial charge on any atom is -0.462 e. The molecule has 6 atom stereocenters. The van der Waals surface area contributed by atoms with Gasteiger partial charge in [0.15, 0.2) is 17.7 Å². The monoisotopic (exact) mass is 1270 g/mol. The summed E-state index contributed by atoms with van der Waals surface area (Å²) < 4.78 is 65.9. The summed E-state index contributed by atoms with van der Waals surface area (Å²) in [7, 11) is -4.23. The molecule has 0 spiro atoms. The molecule has 480 valence electrons. The minimum absolute atomic E-state index is 0.0165. The molecule has 6 unspecified atom stereocenters. The first kappa shape index (κ1) is 85.8. The molecular weight excluding hydrogens is 1160 g/mol. The van der Waals surface area contributed by atoms with Crippen molar-refractivity contribution in [2.24, 2.45) is 23.7 Å². The van der Waals surface area contributed by atoms with Gasteiger partial charge in [-0.15, -0.1) is 0 Å². The lowest BCUT2D eigenvalue weighted by Gasteiger charge is -2.25. The number of rotatable bonds is 45. The minimum atomic E-state index is -3.82. The second-order valence-corrected chi connectivity index (χ2v) is 27.5. The molecular formula is C57H104O20P3S2-. The Morgan fingerprint density at radius 1 is 0.451 bits per heavy atom. The van der Waals surface area contributed by atoms with Crippen LogP contribution in [0.15, 0.2) is 0 Å². The Hall–Kier alpha value is -2.61. The third-order valence-electron chi connectivity index (χ3n) is 11.9. The molecule has 20 nitrogen and oxygen atoms in total. The molecule has 0 radical (unpaired) electrons. The fourth-order valence-corrected chi connectivity index (χ4v) is 11.2. The Morgan fingerprint density at radius 3 is 1.17 bits per heavy atom. The van der Waals surface area contributed by atoms with E-state index in [0.29, 0.717) is 77.0 Å². The zero-order valence-electron chi connectivity index (χ0n) is 52.6. The molecule has 0 aliphatic carbocycles. The molecule has 0 saturated carbocycles. The molecule has 0 amide bonds. The maximum absolute atomic E-state index is 12.4. The number of ketones is 8. The molecule has 0 aromatic heterocycles. The topological polar surface area (TPSA) is 279 Å². The molecule has 25 heteroatoms. The Balaban J connectivity index is -0.000000498. The Labute approximate surface area is 500 Å². The van der Waals surface area contributed by atoms with Gasteiger partial charge in [0.05, 0.1) is 32.2 Å². The summed E-state index contributed by atoms with van der Waals surface area (Å²) in [6.07, 6.45) is 5.31. The van der Waals surface area contributed by atoms with Crippen molar-refractivity contribution in [1.82, 2.24) is 0 Å². The van der Waals surface area contributed by atoms with Crippen LogP contribution >= 0.6 is 23.7 Å². The largest absolute Gasteiger partial charge is 0.474 e. The Bertz CT molecular complexity index is 2080. The van der Waals surface area contributed by atoms with Crippen molar-refractivity contribution < 1.29 is 93.1 Å². The summed E-state index contributed by atoms with van der Waals surface area (Å²) in [5, 5.41) is 0. The first-order valence-corrected chi connectivity index (χ1v) is 35.3. The first-order chi connectivity index (χ1) is 38.2. The van der Waals surface area contributed by atoms with Crippen LogP contribution in [0.1, 0.15) is 239 Å². The van der Waals surface area contributed by atoms with Gasteiger partial charge in [-0.05, 0) is 51.4 Å². The summed E-state index contributed by atoms with van der Waals surface area (Å²) in [5.74, 6) is -1.20. The van der Waals surface area contributed by atoms with E-state index in [1.165, 1.54) is 7.11 Å². The summed E-state index contributed by atoms with van der Waals surface area (Å²) in [4.78, 5) is 116. The molecule has 0 heterocycles. The van der Waals surface area contributed by atoms with Crippen LogP contribution in [0.25, 0.3) is 0 Å². The molecule has 82 heavy (non-hydrogen) atoms. The Morgan fingerprint density at radius 2 is 0.829 bits per heavy atom. The predicted octanol–water partition coefficient (Wildman–Crippen LogP) is 13.6. The van der Waals surface area contributed by atoms with Crippen molar-refractivity contribution in [3.05, 3.63) is 0 Å². The van der Waals surface area contributed by atoms with Crippen LogP contribution in [-0.4, -0.2) is 103 Å². The van der Waals surface area contributed by atoms with Crippen molar-refractivity contribution in [3.8, 4) is 0 Å². The van der Waals surface area contributed by atoms with E-state index in [1.807, 2.05) is 55.4 Å². The van der Waals surface area contributed by atoms with Gasteiger partial charge >= 0.3 is 27.6 Å². The molecule has 0 aliphatic heterocycles. The van der Waals surface area contributed by atoms with Crippen LogP contribution < -0.4 is 0 Å². The van der Waals surface area contributed by atoms with Crippen molar-refractivity contribution in [3.63, 3.8) is 0 Å². The van der Waals surface area contributed by atoms with E-state index in [-0.39, 0.29) is 153 Å². The van der Waals surface area contributed by atoms with E-state index in [4.69, 9.17) is 47.3 Å². The molecule has 0 bridgehead atoms. The average Bonchev–Trinajstić information content (AvgIpc) is 3.43. The number of phosphoric acid groups is 2. The maximum atomic E-state index is 12.4. The maximum Gasteiger partial charge on any atom is 0.474 e. The highest BCUT2D eigenvalue weighted by Gasteiger charge is 2.33. The molecule has 0 rings (SSSR count). The van der Waals surface area contributed by atoms with Gasteiger partial charge in [0.25, 0.3) is 0 Å². The summed E-state index contributed by atoms with van der Waals surface area (Å²) in [5.41, 5.74) is 0. The van der Waals surface area contributed by atoms with E-state index in [9.17, 15) is 57.1 Å². The number of esters is 2. The van der Waals surface area contributed by atoms with Gasteiger partial charge in [-0.25, -0.2) is 28.3 Å². The highest BCUT2D eigenvalue weighted by Crippen LogP contribution is 2.52. The fourth-order valence-electron chi connectivity index (χ4n) is 6.41. The van der Waals surface area contributed by atoms with Gasteiger partial charge in [-0.2, -0.15) is 0 Å². The van der Waals surface area contributed by atoms with E-state index in [0.717, 1.165) is 0 Å². The lowest BCUT2D eigenvalue weighted by atomic mass is 10.0. The standard InChI is InChI=1S/C18H30O5.C16H31O6P.C13H22O4.C10H21O5P2S2/c1-5-14(19)9-12-18(22)23-16(6-2)10-7-15(20)8-11-17(21)13(3)4;1-6-12-21-23(19,20-5)22-15(7-2)10-8-14(17)9-11-16(18)13(3)4;1-5-10(14)7-8-12(15)17-11(6-2)13(16)9(3)4;1-5-7-13-17(12,15-19(16)18)14-9(6-2)10(11)8(3)4/h13,16H,5-12H2,1-4H3;13,15H,6-12H2,1-5H3;9,11H,5-8H2,1-4H3;8-9,16H,5-7H2,1-4H3/q;;;-1. The lowest BCUT2D eigenvalue weighted by molar-refractivity contribution is -0.156. The normalized spacial score (nSPS) is 14.1. The fraction of sp³-hybridized carbons (Fsp3) is 0.825. The molecule has 0 saturated heterocycles. The first-order valence-electron chi connectivity index (χ1n) is 29.1. The SMILES string of the molecule is CCC(=O)CCC(=O)OC(CC)C(=O)C(C)C.CCC(=O)CCC(=O)OC(CC)CCC(=O)CCC(=O)C(C)C.CCCOP(=O)(OC(CC)C(=O)C(C)C)O[S-](=P)=S.CCCOP(=O)(OC)OC(CC)CCC(=O)CCC(=O)C(C)C. The highest BCUT2D eigenvalue weighted by molar-refractivity contribution is 8.37. The number of carbonyl (C=O) groups is 10. The van der Waals surface area contributed by atoms with E-state index < -0.39 is 42.7 Å². The van der Waals surface area contributed by atoms with Crippen molar-refractivity contribution in [2.75, 3.05) is 20.3 Å². The summed E-state index contributed by atoms with van der Waals surface area (Å²) >= 11 is 4.79. The quantitative estimate of drug-likeness (QED) is 0.0311. The number of hydrogen-bond acceptors (Lipinski definition) is 22. The van der Waals surface area contributed by atoms with E-state index >= 15 is 0 Å². The predicted molar refractivity (Wildman–Crippen MR) is 325 cm³/mol. The summed E-state index contributed by atoms with van der Waals surface area (Å²) in [6, 6.07) is 0. The molecule has 0 aromatic rings. The average molecular weight is 1270 g/mol. The zero-order valence-corrected chi connectivity index (χ0v) is 57.0. The number of ether oxygens (including phenoxy) is 2. The summed E-state index contributed by atoms with van der Waals surface area (Å²) in [6.45, 7) is 29.5. The lowest BCUT2D eigenvalue weighted by Crippen LogP contribution is -2.30. The number of phosphoric ester groups is 2. The van der Waals surface area contributed by atoms with Gasteiger partial charge in [0, 0.05) is 95.0 Å². The van der Waals surface area contributed by atoms with Gasteiger partial charge in [-0.3, -0.25) is 79.5 Å². The molecule has 0 aliphatic rings. The van der Waals surface area contributed by atoms with Gasteiger partial charge in [0.2, 0.25) is 0 Å². The van der Waals surface area contributed by atoms with E-state index in [2.05, 4.69) is 8.02 Å². The molecule has 0 N–H and O–H groups in total. The number of Topliss-reactive ketones (excluding diaryl/α,β-unsaturated/α-hetero) is 8. The zero-order chi connectivity index (χ0) is 64.2. The van der Waals surface area contributed by atoms with E-state index in [1.54, 1.807) is 55.4 Å². The highest BCUT2D eigenvalue weighted by atomic mass is 32.9. The second kappa shape index (κ2) is 50.5. The van der Waals surface area contributed by atoms with Crippen LogP contribution in [-0.2, 0) is 113 Å². The van der Waals surface area contributed by atoms with Gasteiger partial charge < -0.3 is 13.4 Å². The number of hydrogen-bond donors (Lipinski definition) is 0. The number of carbonyl (C=O) groups excluding carboxylic acids is 10.